The first-order valence-corrected chi connectivity index (χ1v) is 6.36. The fourth-order valence-electron chi connectivity index (χ4n) is 2.12. The van der Waals surface area contributed by atoms with Gasteiger partial charge in [-0.25, -0.2) is 0 Å². The lowest BCUT2D eigenvalue weighted by molar-refractivity contribution is -0.139. The van der Waals surface area contributed by atoms with Gasteiger partial charge < -0.3 is 9.84 Å². The van der Waals surface area contributed by atoms with Gasteiger partial charge in [-0.1, -0.05) is 24.3 Å². The van der Waals surface area contributed by atoms with Gasteiger partial charge >= 0.3 is 5.97 Å². The first-order valence-electron chi connectivity index (χ1n) is 6.36. The molecule has 106 valence electrons. The number of nitrogens with zero attached hydrogens (tertiary/aromatic N) is 1. The van der Waals surface area contributed by atoms with Crippen LogP contribution in [0.4, 0.5) is 0 Å². The summed E-state index contributed by atoms with van der Waals surface area (Å²) in [4.78, 5) is 13.4. The number of carbonyl (C=O) groups is 1. The summed E-state index contributed by atoms with van der Waals surface area (Å²) in [5, 5.41) is 9.80. The number of esters is 1. The number of likely N-dealkylation sites (N-methyl/N-ethyl adjacent to an activating group) is 1. The zero-order chi connectivity index (χ0) is 14.5. The van der Waals surface area contributed by atoms with Crippen molar-refractivity contribution in [3.8, 4) is 0 Å². The van der Waals surface area contributed by atoms with E-state index in [1.807, 2.05) is 36.2 Å². The van der Waals surface area contributed by atoms with Crippen LogP contribution in [0.5, 0.6) is 0 Å². The number of rotatable bonds is 6. The lowest BCUT2D eigenvalue weighted by Gasteiger charge is -2.26. The van der Waals surface area contributed by atoms with Gasteiger partial charge in [0.2, 0.25) is 0 Å². The molecule has 0 aliphatic carbocycles. The first-order chi connectivity index (χ1) is 8.81. The van der Waals surface area contributed by atoms with Crippen molar-refractivity contribution in [2.45, 2.75) is 32.4 Å². The third-order valence-corrected chi connectivity index (χ3v) is 2.78. The second-order valence-electron chi connectivity index (χ2n) is 5.51. The summed E-state index contributed by atoms with van der Waals surface area (Å²) in [5.41, 5.74) is 1.32. The monoisotopic (exact) mass is 265 g/mol. The summed E-state index contributed by atoms with van der Waals surface area (Å²) in [6.45, 7) is 4.82. The molecule has 0 amide bonds. The number of ether oxygens (including phenoxy) is 1. The van der Waals surface area contributed by atoms with Gasteiger partial charge in [-0.05, 0) is 32.0 Å². The standard InChI is InChI=1S/C15H23NO3/c1-15(2,18)11-16(3)10-13-8-6-5-7-12(13)9-14(17)19-4/h5-8,18H,9-11H2,1-4H3. The van der Waals surface area contributed by atoms with E-state index >= 15 is 0 Å². The van der Waals surface area contributed by atoms with Gasteiger partial charge in [0.25, 0.3) is 0 Å². The van der Waals surface area contributed by atoms with Crippen LogP contribution in [0.3, 0.4) is 0 Å². The van der Waals surface area contributed by atoms with Crippen LogP contribution in [0.15, 0.2) is 24.3 Å². The van der Waals surface area contributed by atoms with E-state index in [1.165, 1.54) is 7.11 Å². The SMILES string of the molecule is COC(=O)Cc1ccccc1CN(C)CC(C)(C)O. The van der Waals surface area contributed by atoms with Gasteiger partial charge in [-0.15, -0.1) is 0 Å². The highest BCUT2D eigenvalue weighted by Crippen LogP contribution is 2.14. The number of hydrogen-bond acceptors (Lipinski definition) is 4. The average molecular weight is 265 g/mol. The first kappa shape index (κ1) is 15.7. The van der Waals surface area contributed by atoms with Crippen LogP contribution < -0.4 is 0 Å². The lowest BCUT2D eigenvalue weighted by Crippen LogP contribution is -2.36. The van der Waals surface area contributed by atoms with Gasteiger partial charge in [0.15, 0.2) is 0 Å². The summed E-state index contributed by atoms with van der Waals surface area (Å²) in [7, 11) is 3.35. The molecule has 0 saturated carbocycles. The Morgan fingerprint density at radius 2 is 1.89 bits per heavy atom. The molecule has 4 heteroatoms. The maximum atomic E-state index is 11.4. The minimum atomic E-state index is -0.730. The van der Waals surface area contributed by atoms with Crippen molar-refractivity contribution in [2.75, 3.05) is 20.7 Å². The molecule has 0 unspecified atom stereocenters. The molecule has 1 rings (SSSR count). The van der Waals surface area contributed by atoms with Crippen LogP contribution in [0.25, 0.3) is 0 Å². The number of methoxy groups -OCH3 is 1. The summed E-state index contributed by atoms with van der Waals surface area (Å²) >= 11 is 0. The molecule has 0 bridgehead atoms. The normalized spacial score (nSPS) is 11.7. The Kier molecular flexibility index (Phi) is 5.51. The van der Waals surface area contributed by atoms with Gasteiger partial charge in [0, 0.05) is 13.1 Å². The lowest BCUT2D eigenvalue weighted by atomic mass is 10.0. The Labute approximate surface area is 115 Å². The van der Waals surface area contributed by atoms with Crippen molar-refractivity contribution < 1.29 is 14.6 Å². The van der Waals surface area contributed by atoms with E-state index in [0.29, 0.717) is 13.1 Å². The zero-order valence-corrected chi connectivity index (χ0v) is 12.1. The highest BCUT2D eigenvalue weighted by atomic mass is 16.5. The van der Waals surface area contributed by atoms with Crippen molar-refractivity contribution in [1.82, 2.24) is 4.90 Å². The van der Waals surface area contributed by atoms with Gasteiger partial charge in [-0.2, -0.15) is 0 Å². The Bertz CT molecular complexity index is 424. The van der Waals surface area contributed by atoms with Crippen molar-refractivity contribution in [1.29, 1.82) is 0 Å². The fraction of sp³-hybridized carbons (Fsp3) is 0.533. The predicted octanol–water partition coefficient (Wildman–Crippen LogP) is 1.60. The van der Waals surface area contributed by atoms with Gasteiger partial charge in [-0.3, -0.25) is 9.69 Å². The van der Waals surface area contributed by atoms with E-state index < -0.39 is 5.60 Å². The number of hydrogen-bond donors (Lipinski definition) is 1. The minimum absolute atomic E-state index is 0.238. The van der Waals surface area contributed by atoms with Crippen LogP contribution in [-0.2, 0) is 22.5 Å². The summed E-state index contributed by atoms with van der Waals surface area (Å²) in [5.74, 6) is -0.238. The van der Waals surface area contributed by atoms with Gasteiger partial charge in [0.1, 0.15) is 0 Å². The average Bonchev–Trinajstić information content (AvgIpc) is 2.29. The number of benzene rings is 1. The molecule has 1 aromatic carbocycles. The third kappa shape index (κ3) is 5.85. The maximum Gasteiger partial charge on any atom is 0.309 e. The van der Waals surface area contributed by atoms with Crippen LogP contribution in [0, 0.1) is 0 Å². The number of aliphatic hydroxyl groups is 1. The summed E-state index contributed by atoms with van der Waals surface area (Å²) in [6.07, 6.45) is 0.281. The third-order valence-electron chi connectivity index (χ3n) is 2.78. The van der Waals surface area contributed by atoms with E-state index in [2.05, 4.69) is 0 Å². The fourth-order valence-corrected chi connectivity index (χ4v) is 2.12. The van der Waals surface area contributed by atoms with Crippen molar-refractivity contribution in [3.63, 3.8) is 0 Å². The smallest absolute Gasteiger partial charge is 0.309 e. The van der Waals surface area contributed by atoms with Crippen LogP contribution in [-0.4, -0.2) is 42.3 Å². The molecule has 0 aliphatic rings. The highest BCUT2D eigenvalue weighted by Gasteiger charge is 2.16. The molecular formula is C15H23NO3. The second-order valence-corrected chi connectivity index (χ2v) is 5.51. The molecule has 0 aromatic heterocycles. The summed E-state index contributed by atoms with van der Waals surface area (Å²) < 4.78 is 4.70. The molecule has 0 spiro atoms. The molecule has 1 N–H and O–H groups in total. The molecule has 1 aromatic rings. The van der Waals surface area contributed by atoms with E-state index in [9.17, 15) is 9.90 Å². The van der Waals surface area contributed by atoms with E-state index in [-0.39, 0.29) is 12.4 Å². The van der Waals surface area contributed by atoms with Gasteiger partial charge in [0.05, 0.1) is 19.1 Å². The molecule has 0 saturated heterocycles. The molecule has 0 fully saturated rings. The van der Waals surface area contributed by atoms with Crippen LogP contribution in [0.2, 0.25) is 0 Å². The highest BCUT2D eigenvalue weighted by molar-refractivity contribution is 5.72. The molecule has 0 radical (unpaired) electrons. The zero-order valence-electron chi connectivity index (χ0n) is 12.1. The molecule has 0 heterocycles. The van der Waals surface area contributed by atoms with Crippen molar-refractivity contribution in [2.24, 2.45) is 0 Å². The van der Waals surface area contributed by atoms with Crippen molar-refractivity contribution >= 4 is 5.97 Å². The van der Waals surface area contributed by atoms with E-state index in [4.69, 9.17) is 4.74 Å². The molecule has 0 atom stereocenters. The summed E-state index contributed by atoms with van der Waals surface area (Å²) in [6, 6.07) is 7.80. The Morgan fingerprint density at radius 1 is 1.32 bits per heavy atom. The predicted molar refractivity (Wildman–Crippen MR) is 74.8 cm³/mol. The van der Waals surface area contributed by atoms with E-state index in [1.54, 1.807) is 13.8 Å². The largest absolute Gasteiger partial charge is 0.469 e. The second kappa shape index (κ2) is 6.68. The van der Waals surface area contributed by atoms with Crippen LogP contribution in [0.1, 0.15) is 25.0 Å². The van der Waals surface area contributed by atoms with E-state index in [0.717, 1.165) is 11.1 Å². The Hall–Kier alpha value is -1.39. The molecule has 0 aliphatic heterocycles. The molecule has 4 nitrogen and oxygen atoms in total. The van der Waals surface area contributed by atoms with Crippen LogP contribution >= 0.6 is 0 Å². The minimum Gasteiger partial charge on any atom is -0.469 e. The molecule has 19 heavy (non-hydrogen) atoms. The Balaban J connectivity index is 2.75. The topological polar surface area (TPSA) is 49.8 Å². The quantitative estimate of drug-likeness (QED) is 0.794. The van der Waals surface area contributed by atoms with Crippen molar-refractivity contribution in [3.05, 3.63) is 35.4 Å². The maximum absolute atomic E-state index is 11.4. The molecular weight excluding hydrogens is 242 g/mol. The number of carbonyl (C=O) groups excluding carboxylic acids is 1. The Morgan fingerprint density at radius 3 is 2.42 bits per heavy atom.